The van der Waals surface area contributed by atoms with Gasteiger partial charge in [0.15, 0.2) is 0 Å². The molecule has 1 unspecified atom stereocenters. The summed E-state index contributed by atoms with van der Waals surface area (Å²) >= 11 is 6.17. The molecule has 2 aromatic rings. The molecule has 0 spiro atoms. The number of amides is 4. The molecule has 1 fully saturated rings. The maximum atomic E-state index is 13.4. The SMILES string of the molecule is CC(C)(C)OC(=O)NCc1ccc(Cl)cc1CNC(=O)[C@@H]1CCN1C(=O)C1CN(C(=O)O)c2ccccc21. The lowest BCUT2D eigenvalue weighted by Crippen LogP contribution is -2.59. The summed E-state index contributed by atoms with van der Waals surface area (Å²) in [5, 5.41) is 15.6. The van der Waals surface area contributed by atoms with Gasteiger partial charge in [-0.15, -0.1) is 0 Å². The summed E-state index contributed by atoms with van der Waals surface area (Å²) in [6.45, 7) is 6.11. The van der Waals surface area contributed by atoms with Crippen LogP contribution in [0.15, 0.2) is 42.5 Å². The molecule has 4 rings (SSSR count). The fraction of sp³-hybridized carbons (Fsp3) is 0.407. The second kappa shape index (κ2) is 10.9. The van der Waals surface area contributed by atoms with Crippen molar-refractivity contribution in [3.63, 3.8) is 0 Å². The predicted octanol–water partition coefficient (Wildman–Crippen LogP) is 3.86. The van der Waals surface area contributed by atoms with Gasteiger partial charge in [0.1, 0.15) is 11.6 Å². The van der Waals surface area contributed by atoms with Crippen LogP contribution in [0.1, 0.15) is 49.8 Å². The smallest absolute Gasteiger partial charge is 0.411 e. The Kier molecular flexibility index (Phi) is 7.82. The number of hydrogen-bond donors (Lipinski definition) is 3. The average Bonchev–Trinajstić information content (AvgIpc) is 3.20. The molecule has 0 aromatic heterocycles. The fourth-order valence-electron chi connectivity index (χ4n) is 4.64. The molecular formula is C27H31ClN4O6. The Hall–Kier alpha value is -3.79. The van der Waals surface area contributed by atoms with Gasteiger partial charge in [-0.3, -0.25) is 14.5 Å². The van der Waals surface area contributed by atoms with Crippen LogP contribution in [-0.4, -0.2) is 58.7 Å². The highest BCUT2D eigenvalue weighted by Crippen LogP contribution is 2.38. The summed E-state index contributed by atoms with van der Waals surface area (Å²) in [5.41, 5.74) is 2.00. The van der Waals surface area contributed by atoms with Crippen molar-refractivity contribution in [2.24, 2.45) is 0 Å². The second-order valence-corrected chi connectivity index (χ2v) is 10.8. The van der Waals surface area contributed by atoms with Crippen molar-refractivity contribution in [3.05, 3.63) is 64.2 Å². The molecule has 1 saturated heterocycles. The van der Waals surface area contributed by atoms with E-state index in [4.69, 9.17) is 16.3 Å². The van der Waals surface area contributed by atoms with Crippen LogP contribution in [0.2, 0.25) is 5.02 Å². The van der Waals surface area contributed by atoms with Gasteiger partial charge in [-0.1, -0.05) is 35.9 Å². The normalized spacial score (nSPS) is 18.3. The molecule has 0 saturated carbocycles. The topological polar surface area (TPSA) is 128 Å². The number of hydrogen-bond acceptors (Lipinski definition) is 5. The first kappa shape index (κ1) is 27.3. The molecule has 2 atom stereocenters. The van der Waals surface area contributed by atoms with Gasteiger partial charge < -0.3 is 25.4 Å². The molecule has 0 bridgehead atoms. The molecule has 202 valence electrons. The molecule has 4 amide bonds. The lowest BCUT2D eigenvalue weighted by atomic mass is 9.94. The number of carboxylic acid groups (broad SMARTS) is 1. The first-order chi connectivity index (χ1) is 17.9. The van der Waals surface area contributed by atoms with Crippen LogP contribution in [0.3, 0.4) is 0 Å². The zero-order valence-corrected chi connectivity index (χ0v) is 22.2. The lowest BCUT2D eigenvalue weighted by molar-refractivity contribution is -0.148. The van der Waals surface area contributed by atoms with Gasteiger partial charge >= 0.3 is 12.2 Å². The summed E-state index contributed by atoms with van der Waals surface area (Å²) in [6.07, 6.45) is -1.16. The van der Waals surface area contributed by atoms with E-state index in [1.165, 1.54) is 9.80 Å². The van der Waals surface area contributed by atoms with E-state index < -0.39 is 29.7 Å². The molecule has 11 heteroatoms. The molecule has 2 aliphatic rings. The minimum absolute atomic E-state index is 0.0227. The maximum Gasteiger partial charge on any atom is 0.411 e. The van der Waals surface area contributed by atoms with Crippen molar-refractivity contribution in [2.45, 2.75) is 57.8 Å². The van der Waals surface area contributed by atoms with Crippen molar-refractivity contribution in [1.82, 2.24) is 15.5 Å². The zero-order chi connectivity index (χ0) is 27.6. The summed E-state index contributed by atoms with van der Waals surface area (Å²) in [6, 6.07) is 11.5. The summed E-state index contributed by atoms with van der Waals surface area (Å²) < 4.78 is 5.27. The van der Waals surface area contributed by atoms with E-state index in [1.807, 2.05) is 0 Å². The Morgan fingerprint density at radius 2 is 1.76 bits per heavy atom. The van der Waals surface area contributed by atoms with Gasteiger partial charge in [-0.25, -0.2) is 9.59 Å². The minimum Gasteiger partial charge on any atom is -0.465 e. The number of nitrogens with one attached hydrogen (secondary N) is 2. The first-order valence-electron chi connectivity index (χ1n) is 12.4. The lowest BCUT2D eigenvalue weighted by Gasteiger charge is -2.41. The Bertz CT molecular complexity index is 1260. The molecule has 2 aliphatic heterocycles. The molecule has 10 nitrogen and oxygen atoms in total. The number of nitrogens with zero attached hydrogens (tertiary/aromatic N) is 2. The fourth-order valence-corrected chi connectivity index (χ4v) is 4.83. The number of likely N-dealkylation sites (tertiary alicyclic amines) is 1. The highest BCUT2D eigenvalue weighted by molar-refractivity contribution is 6.30. The third-order valence-corrected chi connectivity index (χ3v) is 6.78. The van der Waals surface area contributed by atoms with E-state index in [0.29, 0.717) is 29.2 Å². The van der Waals surface area contributed by atoms with Crippen molar-refractivity contribution in [1.29, 1.82) is 0 Å². The van der Waals surface area contributed by atoms with Crippen LogP contribution in [0.4, 0.5) is 15.3 Å². The third kappa shape index (κ3) is 6.02. The first-order valence-corrected chi connectivity index (χ1v) is 12.7. The number of halogens is 1. The Morgan fingerprint density at radius 3 is 2.42 bits per heavy atom. The van der Waals surface area contributed by atoms with Crippen LogP contribution in [-0.2, 0) is 27.4 Å². The number of anilines is 1. The quantitative estimate of drug-likeness (QED) is 0.508. The van der Waals surface area contributed by atoms with Crippen molar-refractivity contribution in [2.75, 3.05) is 18.0 Å². The van der Waals surface area contributed by atoms with Crippen molar-refractivity contribution in [3.8, 4) is 0 Å². The highest BCUT2D eigenvalue weighted by Gasteiger charge is 2.44. The van der Waals surface area contributed by atoms with Crippen LogP contribution in [0.25, 0.3) is 0 Å². The number of carbonyl (C=O) groups excluding carboxylic acids is 3. The molecular weight excluding hydrogens is 512 g/mol. The maximum absolute atomic E-state index is 13.4. The number of rotatable bonds is 6. The summed E-state index contributed by atoms with van der Waals surface area (Å²) in [7, 11) is 0. The highest BCUT2D eigenvalue weighted by atomic mass is 35.5. The monoisotopic (exact) mass is 542 g/mol. The standard InChI is InChI=1S/C27H31ClN4O6/c1-27(2,3)38-25(35)30-13-16-8-9-18(28)12-17(16)14-29-23(33)22-10-11-31(22)24(34)20-15-32(26(36)37)21-7-5-4-6-19(20)21/h4-9,12,20,22H,10-11,13-15H2,1-3H3,(H,29,33)(H,30,35)(H,36,37)/t20?,22-/m0/s1. The number of benzene rings is 2. The van der Waals surface area contributed by atoms with Crippen LogP contribution < -0.4 is 15.5 Å². The van der Waals surface area contributed by atoms with E-state index >= 15 is 0 Å². The average molecular weight is 543 g/mol. The molecule has 0 aliphatic carbocycles. The van der Waals surface area contributed by atoms with E-state index in [2.05, 4.69) is 10.6 Å². The number of carbonyl (C=O) groups is 4. The van der Waals surface area contributed by atoms with Crippen molar-refractivity contribution >= 4 is 41.3 Å². The summed E-state index contributed by atoms with van der Waals surface area (Å²) in [4.78, 5) is 52.8. The Balaban J connectivity index is 1.38. The zero-order valence-electron chi connectivity index (χ0n) is 21.5. The third-order valence-electron chi connectivity index (χ3n) is 6.55. The Labute approximate surface area is 225 Å². The van der Waals surface area contributed by atoms with E-state index in [-0.39, 0.29) is 31.4 Å². The van der Waals surface area contributed by atoms with Gasteiger partial charge in [0.05, 0.1) is 11.6 Å². The van der Waals surface area contributed by atoms with Gasteiger partial charge in [0, 0.05) is 31.2 Å². The molecule has 2 aromatic carbocycles. The molecule has 3 N–H and O–H groups in total. The van der Waals surface area contributed by atoms with Crippen LogP contribution >= 0.6 is 11.6 Å². The minimum atomic E-state index is -1.12. The number of fused-ring (bicyclic) bond motifs is 1. The number of para-hydroxylation sites is 1. The number of alkyl carbamates (subject to hydrolysis) is 1. The van der Waals surface area contributed by atoms with E-state index in [9.17, 15) is 24.3 Å². The predicted molar refractivity (Wildman–Crippen MR) is 141 cm³/mol. The Morgan fingerprint density at radius 1 is 1.05 bits per heavy atom. The van der Waals surface area contributed by atoms with Gasteiger partial charge in [-0.2, -0.15) is 0 Å². The van der Waals surface area contributed by atoms with E-state index in [1.54, 1.807) is 63.2 Å². The van der Waals surface area contributed by atoms with Gasteiger partial charge in [0.25, 0.3) is 0 Å². The second-order valence-electron chi connectivity index (χ2n) is 10.3. The van der Waals surface area contributed by atoms with Gasteiger partial charge in [0.2, 0.25) is 11.8 Å². The van der Waals surface area contributed by atoms with Gasteiger partial charge in [-0.05, 0) is 62.1 Å². The van der Waals surface area contributed by atoms with E-state index in [0.717, 1.165) is 11.1 Å². The molecule has 38 heavy (non-hydrogen) atoms. The van der Waals surface area contributed by atoms with Crippen LogP contribution in [0.5, 0.6) is 0 Å². The van der Waals surface area contributed by atoms with Crippen molar-refractivity contribution < 1.29 is 29.0 Å². The largest absolute Gasteiger partial charge is 0.465 e. The summed E-state index contributed by atoms with van der Waals surface area (Å²) in [5.74, 6) is -1.23. The molecule has 0 radical (unpaired) electrons. The van der Waals surface area contributed by atoms with Crippen LogP contribution in [0, 0.1) is 0 Å². The number of ether oxygens (including phenoxy) is 1. The molecule has 2 heterocycles.